The van der Waals surface area contributed by atoms with Gasteiger partial charge in [0.25, 0.3) is 23.6 Å². The van der Waals surface area contributed by atoms with Crippen LogP contribution in [-0.4, -0.2) is 164 Å². The van der Waals surface area contributed by atoms with E-state index in [1.165, 1.54) is 36.3 Å². The Kier molecular flexibility index (Phi) is 20.2. The van der Waals surface area contributed by atoms with E-state index in [1.54, 1.807) is 78.0 Å². The first-order chi connectivity index (χ1) is 46.4. The predicted molar refractivity (Wildman–Crippen MR) is 349 cm³/mol. The fraction of sp³-hybridized carbons (Fsp3) is 0.377. The number of carbonyl (C=O) groups excluding carboxylic acids is 10. The number of phenols is 1. The monoisotopic (exact) mass is 1350 g/mol. The molecule has 7 aliphatic rings. The lowest BCUT2D eigenvalue weighted by molar-refractivity contribution is -0.217. The van der Waals surface area contributed by atoms with Crippen LogP contribution in [0.4, 0.5) is 30.2 Å². The Morgan fingerprint density at radius 3 is 2.21 bits per heavy atom. The number of unbranched alkanes of at least 4 members (excludes halogenated alkanes) is 2. The lowest BCUT2D eigenvalue weighted by Crippen LogP contribution is -2.70. The van der Waals surface area contributed by atoms with Gasteiger partial charge in [-0.25, -0.2) is 0 Å². The van der Waals surface area contributed by atoms with Gasteiger partial charge in [-0.1, -0.05) is 67.1 Å². The summed E-state index contributed by atoms with van der Waals surface area (Å²) in [6.07, 6.45) is 1.03. The number of fused-ring (bicyclic) bond motifs is 5. The lowest BCUT2D eigenvalue weighted by Gasteiger charge is -2.69. The molecular formula is C69H70ClF3N10O14. The molecule has 0 spiro atoms. The van der Waals surface area contributed by atoms with Crippen molar-refractivity contribution in [2.75, 3.05) is 69.3 Å². The topological polar surface area (TPSA) is 313 Å². The number of anilines is 2. The van der Waals surface area contributed by atoms with E-state index in [0.717, 1.165) is 26.8 Å². The van der Waals surface area contributed by atoms with Crippen molar-refractivity contribution in [3.05, 3.63) is 137 Å². The summed E-state index contributed by atoms with van der Waals surface area (Å²) in [7, 11) is 1.46. The van der Waals surface area contributed by atoms with E-state index in [2.05, 4.69) is 31.9 Å². The quantitative estimate of drug-likeness (QED) is 0.0126. The average molecular weight is 1360 g/mol. The van der Waals surface area contributed by atoms with Crippen LogP contribution in [0.1, 0.15) is 89.9 Å². The number of halogens is 4. The smallest absolute Gasteiger partial charge is 0.423 e. The largest absolute Gasteiger partial charge is 0.507 e. The Balaban J connectivity index is 0.617. The van der Waals surface area contributed by atoms with Gasteiger partial charge in [0, 0.05) is 97.3 Å². The number of rotatable bonds is 28. The van der Waals surface area contributed by atoms with Crippen LogP contribution < -0.4 is 46.3 Å². The van der Waals surface area contributed by atoms with Gasteiger partial charge in [-0.05, 0) is 90.4 Å². The minimum absolute atomic E-state index is 0.0182. The van der Waals surface area contributed by atoms with Crippen LogP contribution in [0.2, 0.25) is 0 Å². The van der Waals surface area contributed by atoms with Crippen molar-refractivity contribution in [2.45, 2.75) is 95.0 Å². The Morgan fingerprint density at radius 2 is 1.49 bits per heavy atom. The molecule has 3 fully saturated rings. The molecule has 2 unspecified atom stereocenters. The van der Waals surface area contributed by atoms with E-state index < -0.39 is 103 Å². The van der Waals surface area contributed by atoms with E-state index in [4.69, 9.17) is 30.8 Å². The summed E-state index contributed by atoms with van der Waals surface area (Å²) < 4.78 is 59.8. The summed E-state index contributed by atoms with van der Waals surface area (Å²) in [4.78, 5) is 138. The molecule has 5 aromatic rings. The number of methoxy groups -OCH3 is 1. The van der Waals surface area contributed by atoms with Crippen molar-refractivity contribution in [3.8, 4) is 17.2 Å². The van der Waals surface area contributed by atoms with E-state index in [1.807, 2.05) is 25.1 Å². The zero-order valence-corrected chi connectivity index (χ0v) is 53.6. The highest BCUT2D eigenvalue weighted by atomic mass is 35.5. The Morgan fingerprint density at radius 1 is 0.794 bits per heavy atom. The minimum Gasteiger partial charge on any atom is -0.507 e. The van der Waals surface area contributed by atoms with Crippen LogP contribution in [0, 0.1) is 17.8 Å². The number of aryl methyl sites for hydroxylation is 1. The van der Waals surface area contributed by atoms with Crippen molar-refractivity contribution in [1.82, 2.24) is 36.4 Å². The molecule has 28 heteroatoms. The molecule has 12 rings (SSSR count). The van der Waals surface area contributed by atoms with Crippen molar-refractivity contribution >= 4 is 110 Å². The molecule has 3 saturated carbocycles. The third-order valence-electron chi connectivity index (χ3n) is 18.3. The van der Waals surface area contributed by atoms with Gasteiger partial charge in [-0.3, -0.25) is 57.8 Å². The lowest BCUT2D eigenvalue weighted by atomic mass is 9.35. The number of nitrogens with zero attached hydrogens (tertiary/aromatic N) is 4. The maximum Gasteiger partial charge on any atom is 0.423 e. The summed E-state index contributed by atoms with van der Waals surface area (Å²) in [5.41, 5.74) is 4.39. The van der Waals surface area contributed by atoms with Crippen LogP contribution in [0.5, 0.6) is 17.2 Å². The number of aromatic hydroxyl groups is 1. The number of hydrogen-bond donors (Lipinski definition) is 7. The van der Waals surface area contributed by atoms with E-state index in [9.17, 15) is 66.2 Å². The second kappa shape index (κ2) is 28.7. The highest BCUT2D eigenvalue weighted by molar-refractivity contribution is 6.19. The molecule has 0 saturated heterocycles. The van der Waals surface area contributed by atoms with Crippen molar-refractivity contribution in [1.29, 1.82) is 0 Å². The predicted octanol–water partition coefficient (Wildman–Crippen LogP) is 6.27. The number of phenolic OH excluding ortho intramolecular Hbond substituents is 1. The molecule has 0 aromatic heterocycles. The van der Waals surface area contributed by atoms with Gasteiger partial charge in [0.05, 0.1) is 61.7 Å². The molecule has 4 aliphatic heterocycles. The third kappa shape index (κ3) is 15.0. The molecule has 97 heavy (non-hydrogen) atoms. The number of aliphatic imine (C=N–C) groups is 1. The standard InChI is InChI=1S/C69H70ClF3N10O14/c1-39-10-9-13-46-51(84)26-50-61(60(39)46)43(27-70)33-83(50)66(94)68-34-67(35-68,36-68)37-96-53-25-48-47(24-52(53)95-2)65(93)82-32-42(23-45(82)28-74-48)41-15-17-44(18-16-41)79-64(92)62(69(71,72)73)97-38-78-56(87)30-77-63(91)49(22-40-11-5-3-6-12-40)80-57(88)31-76-55(86)29-75-54(85)14-7-4-8-21-81-58(89)19-20-59(81)90/h3,5-6,9-13,15-20,24-26,28,32,43,45,49,62,84H,4,7-8,14,21-23,27,29-31,33-38H2,1-2H3,(H,75,85)(H,76,86)(H,77,91)(H,78,87)(H,79,92)(H,80,88)/t43?,45-,49-,62?,67?,68?/m0/s1. The van der Waals surface area contributed by atoms with Gasteiger partial charge >= 0.3 is 6.18 Å². The van der Waals surface area contributed by atoms with Crippen LogP contribution in [0.15, 0.2) is 114 Å². The molecule has 7 N–H and O–H groups in total. The van der Waals surface area contributed by atoms with Gasteiger partial charge in [0.15, 0.2) is 11.5 Å². The first-order valence-electron chi connectivity index (χ1n) is 31.6. The van der Waals surface area contributed by atoms with Crippen LogP contribution in [0.3, 0.4) is 0 Å². The highest BCUT2D eigenvalue weighted by Gasteiger charge is 2.73. The van der Waals surface area contributed by atoms with Crippen LogP contribution >= 0.6 is 11.6 Å². The molecule has 0 radical (unpaired) electrons. The number of benzene rings is 5. The minimum atomic E-state index is -5.24. The third-order valence-corrected chi connectivity index (χ3v) is 18.6. The van der Waals surface area contributed by atoms with Crippen molar-refractivity contribution in [2.24, 2.45) is 15.8 Å². The highest BCUT2D eigenvalue weighted by Crippen LogP contribution is 2.74. The number of ether oxygens (including phenoxy) is 3. The van der Waals surface area contributed by atoms with Crippen LogP contribution in [-0.2, 0) is 54.3 Å². The molecule has 4 heterocycles. The Bertz CT molecular complexity index is 4050. The number of imide groups is 1. The zero-order chi connectivity index (χ0) is 68.9. The Labute approximate surface area is 559 Å². The number of hydrogen-bond acceptors (Lipinski definition) is 15. The molecule has 4 atom stereocenters. The van der Waals surface area contributed by atoms with Gasteiger partial charge in [-0.15, -0.1) is 11.6 Å². The molecular weight excluding hydrogens is 1290 g/mol. The summed E-state index contributed by atoms with van der Waals surface area (Å²) in [5.74, 6) is -5.54. The number of carbonyl (C=O) groups is 10. The first-order valence-corrected chi connectivity index (χ1v) is 32.1. The maximum absolute atomic E-state index is 14.3. The van der Waals surface area contributed by atoms with E-state index >= 15 is 0 Å². The molecule has 24 nitrogen and oxygen atoms in total. The average Bonchev–Trinajstić information content (AvgIpc) is 1.17. The van der Waals surface area contributed by atoms with Gasteiger partial charge in [0.1, 0.15) is 18.5 Å². The summed E-state index contributed by atoms with van der Waals surface area (Å²) >= 11 is 6.51. The molecule has 5 aromatic carbocycles. The second-order valence-electron chi connectivity index (χ2n) is 25.1. The Hall–Kier alpha value is -10.2. The molecule has 508 valence electrons. The summed E-state index contributed by atoms with van der Waals surface area (Å²) in [5, 5.41) is 26.5. The van der Waals surface area contributed by atoms with Gasteiger partial charge in [-0.2, -0.15) is 13.2 Å². The number of nitrogens with one attached hydrogen (secondary N) is 6. The van der Waals surface area contributed by atoms with Crippen LogP contribution in [0.25, 0.3) is 16.3 Å². The number of amides is 10. The number of alkyl halides is 4. The second-order valence-corrected chi connectivity index (χ2v) is 25.4. The zero-order valence-electron chi connectivity index (χ0n) is 52.9. The summed E-state index contributed by atoms with van der Waals surface area (Å²) in [6, 6.07) is 23.2. The first kappa shape index (κ1) is 68.2. The molecule has 10 amide bonds. The summed E-state index contributed by atoms with van der Waals surface area (Å²) in [6.45, 7) is -0.00728. The molecule has 3 aliphatic carbocycles. The van der Waals surface area contributed by atoms with E-state index in [-0.39, 0.29) is 59.5 Å². The molecule has 2 bridgehead atoms. The van der Waals surface area contributed by atoms with Crippen molar-refractivity contribution < 1.29 is 80.4 Å². The normalized spacial score (nSPS) is 20.1. The SMILES string of the molecule is COc1cc2c(cc1OCC13CC(C(=O)N4CC(CCl)c5c4cc(O)c4cccc(C)c54)(C1)C3)N=C[C@@H]1CC(c3ccc(NC(=O)C(OCNC(=O)CNC(=O)[C@H](Cc4ccccc4)NC(=O)CNC(=O)CNC(=O)CCCCCN4C(=O)C=CC4=O)C(F)(F)F)cc3)=CN1C2=O. The van der Waals surface area contributed by atoms with Gasteiger partial charge in [0.2, 0.25) is 41.5 Å². The fourth-order valence-corrected chi connectivity index (χ4v) is 13.8. The van der Waals surface area contributed by atoms with Crippen molar-refractivity contribution in [3.63, 3.8) is 0 Å². The maximum atomic E-state index is 14.3. The van der Waals surface area contributed by atoms with E-state index in [0.29, 0.717) is 104 Å². The fourth-order valence-electron chi connectivity index (χ4n) is 13.5. The van der Waals surface area contributed by atoms with Gasteiger partial charge < -0.3 is 61.0 Å².